The number of aromatic nitrogens is 1. The van der Waals surface area contributed by atoms with Gasteiger partial charge in [0.15, 0.2) is 0 Å². The molecule has 33 heavy (non-hydrogen) atoms. The number of likely N-dealkylation sites (tertiary alicyclic amines) is 1. The molecule has 0 aliphatic carbocycles. The molecule has 2 aliphatic heterocycles. The largest absolute Gasteiger partial charge is 0.451 e. The molecule has 5 rings (SSSR count). The number of para-hydroxylation sites is 1. The number of thiazole rings is 1. The van der Waals surface area contributed by atoms with E-state index in [0.29, 0.717) is 5.19 Å². The van der Waals surface area contributed by atoms with E-state index in [1.165, 1.54) is 5.56 Å². The van der Waals surface area contributed by atoms with E-state index in [-0.39, 0.29) is 11.6 Å². The van der Waals surface area contributed by atoms with Crippen molar-refractivity contribution in [3.05, 3.63) is 78.4 Å². The Kier molecular flexibility index (Phi) is 7.26. The molecular formula is C27H30N2O3S. The van der Waals surface area contributed by atoms with Crippen LogP contribution < -0.4 is 4.74 Å². The van der Waals surface area contributed by atoms with E-state index >= 15 is 0 Å². The molecule has 0 radical (unpaired) electrons. The van der Waals surface area contributed by atoms with Gasteiger partial charge in [0.05, 0.1) is 10.2 Å². The topological polar surface area (TPSA) is 51.7 Å². The maximum absolute atomic E-state index is 11.7. The Bertz CT molecular complexity index is 1110. The van der Waals surface area contributed by atoms with Gasteiger partial charge in [0, 0.05) is 38.0 Å². The van der Waals surface area contributed by atoms with E-state index in [1.54, 1.807) is 17.4 Å². The molecule has 0 bridgehead atoms. The summed E-state index contributed by atoms with van der Waals surface area (Å²) in [6.07, 6.45) is 6.52. The lowest BCUT2D eigenvalue weighted by Crippen LogP contribution is -2.44. The summed E-state index contributed by atoms with van der Waals surface area (Å²) in [5.41, 5.74) is 2.65. The lowest BCUT2D eigenvalue weighted by atomic mass is 9.91. The third-order valence-electron chi connectivity index (χ3n) is 5.92. The van der Waals surface area contributed by atoms with Crippen LogP contribution >= 0.6 is 11.3 Å². The molecule has 2 aromatic carbocycles. The van der Waals surface area contributed by atoms with Crippen LogP contribution in [-0.2, 0) is 16.0 Å². The van der Waals surface area contributed by atoms with Gasteiger partial charge in [0.1, 0.15) is 11.4 Å². The average Bonchev–Trinajstić information content (AvgIpc) is 3.34. The molecule has 6 heteroatoms. The highest BCUT2D eigenvalue weighted by molar-refractivity contribution is 7.20. The van der Waals surface area contributed by atoms with E-state index in [2.05, 4.69) is 34.7 Å². The predicted octanol–water partition coefficient (Wildman–Crippen LogP) is 6.16. The van der Waals surface area contributed by atoms with E-state index in [1.807, 2.05) is 50.3 Å². The standard InChI is InChI=1S/C24H24N2O3S.C3H6/c1-17-16-24(29-22(17)27)11-14-26(15-12-24)13-10-18-6-8-19(9-7-18)28-23-25-20-4-2-3-5-21(20)30-23;1-3-2/h2-9,16H,10-15H2,1H3;3H,1H2,2H3. The van der Waals surface area contributed by atoms with Crippen molar-refractivity contribution in [3.8, 4) is 10.9 Å². The summed E-state index contributed by atoms with van der Waals surface area (Å²) in [4.78, 5) is 18.7. The quantitative estimate of drug-likeness (QED) is 0.336. The first-order chi connectivity index (χ1) is 16.0. The molecule has 0 saturated carbocycles. The van der Waals surface area contributed by atoms with Gasteiger partial charge in [0.2, 0.25) is 0 Å². The van der Waals surface area contributed by atoms with Gasteiger partial charge in [-0.1, -0.05) is 41.7 Å². The second-order valence-corrected chi connectivity index (χ2v) is 9.47. The molecule has 1 aromatic heterocycles. The molecule has 1 spiro atoms. The second kappa shape index (κ2) is 10.3. The zero-order valence-electron chi connectivity index (χ0n) is 19.3. The van der Waals surface area contributed by atoms with E-state index in [0.717, 1.165) is 60.4 Å². The molecule has 5 nitrogen and oxygen atoms in total. The lowest BCUT2D eigenvalue weighted by Gasteiger charge is -2.37. The molecule has 172 valence electrons. The van der Waals surface area contributed by atoms with Gasteiger partial charge in [-0.3, -0.25) is 0 Å². The Balaban J connectivity index is 0.000000821. The number of benzene rings is 2. The monoisotopic (exact) mass is 462 g/mol. The number of carbonyl (C=O) groups excluding carboxylic acids is 1. The van der Waals surface area contributed by atoms with Crippen LogP contribution in [0.3, 0.4) is 0 Å². The van der Waals surface area contributed by atoms with E-state index < -0.39 is 0 Å². The molecule has 1 saturated heterocycles. The van der Waals surface area contributed by atoms with Crippen LogP contribution in [0, 0.1) is 0 Å². The van der Waals surface area contributed by atoms with Crippen molar-refractivity contribution in [2.24, 2.45) is 0 Å². The van der Waals surface area contributed by atoms with Crippen molar-refractivity contribution >= 4 is 27.5 Å². The number of nitrogens with zero attached hydrogens (tertiary/aromatic N) is 2. The highest BCUT2D eigenvalue weighted by atomic mass is 32.1. The summed E-state index contributed by atoms with van der Waals surface area (Å²) in [5.74, 6) is 0.652. The normalized spacial score (nSPS) is 17.3. The third-order valence-corrected chi connectivity index (χ3v) is 6.83. The van der Waals surface area contributed by atoms with Crippen molar-refractivity contribution in [2.45, 2.75) is 38.7 Å². The van der Waals surface area contributed by atoms with Crippen LogP contribution in [0.4, 0.5) is 0 Å². The molecule has 0 N–H and O–H groups in total. The number of esters is 1. The number of allylic oxidation sites excluding steroid dienone is 1. The van der Waals surface area contributed by atoms with Crippen LogP contribution in [0.1, 0.15) is 32.3 Å². The minimum Gasteiger partial charge on any atom is -0.451 e. The van der Waals surface area contributed by atoms with Crippen molar-refractivity contribution in [1.82, 2.24) is 9.88 Å². The van der Waals surface area contributed by atoms with Crippen molar-refractivity contribution in [1.29, 1.82) is 0 Å². The molecule has 3 aromatic rings. The van der Waals surface area contributed by atoms with Gasteiger partial charge in [-0.15, -0.1) is 6.58 Å². The molecule has 0 unspecified atom stereocenters. The number of fused-ring (bicyclic) bond motifs is 1. The fourth-order valence-corrected chi connectivity index (χ4v) is 4.99. The zero-order valence-corrected chi connectivity index (χ0v) is 20.1. The fraction of sp³-hybridized carbons (Fsp3) is 0.333. The van der Waals surface area contributed by atoms with Crippen LogP contribution in [0.2, 0.25) is 0 Å². The third kappa shape index (κ3) is 5.70. The molecule has 0 amide bonds. The summed E-state index contributed by atoms with van der Waals surface area (Å²) < 4.78 is 12.7. The summed E-state index contributed by atoms with van der Waals surface area (Å²) in [6, 6.07) is 16.3. The number of hydrogen-bond acceptors (Lipinski definition) is 6. The lowest BCUT2D eigenvalue weighted by molar-refractivity contribution is -0.149. The Morgan fingerprint density at radius 1 is 1.18 bits per heavy atom. The minimum absolute atomic E-state index is 0.156. The van der Waals surface area contributed by atoms with Crippen molar-refractivity contribution in [2.75, 3.05) is 19.6 Å². The first kappa shape index (κ1) is 23.2. The van der Waals surface area contributed by atoms with Gasteiger partial charge in [-0.25, -0.2) is 9.78 Å². The zero-order chi connectivity index (χ0) is 23.3. The van der Waals surface area contributed by atoms with Gasteiger partial charge in [-0.2, -0.15) is 0 Å². The maximum atomic E-state index is 11.7. The molecule has 2 aliphatic rings. The average molecular weight is 463 g/mol. The Morgan fingerprint density at radius 3 is 2.52 bits per heavy atom. The second-order valence-electron chi connectivity index (χ2n) is 8.48. The minimum atomic E-state index is -0.350. The van der Waals surface area contributed by atoms with Crippen LogP contribution in [0.5, 0.6) is 10.9 Å². The van der Waals surface area contributed by atoms with Crippen LogP contribution in [0.25, 0.3) is 10.2 Å². The van der Waals surface area contributed by atoms with Gasteiger partial charge in [-0.05, 0) is 56.2 Å². The summed E-state index contributed by atoms with van der Waals surface area (Å²) in [7, 11) is 0. The van der Waals surface area contributed by atoms with Crippen molar-refractivity contribution in [3.63, 3.8) is 0 Å². The van der Waals surface area contributed by atoms with Gasteiger partial charge in [0.25, 0.3) is 5.19 Å². The Hall–Kier alpha value is -2.96. The SMILES string of the molecule is C=CC.CC1=CC2(CCN(CCc3ccc(Oc4nc5ccccc5s4)cc3)CC2)OC1=O. The summed E-state index contributed by atoms with van der Waals surface area (Å²) in [5, 5.41) is 0.670. The van der Waals surface area contributed by atoms with Gasteiger partial charge < -0.3 is 14.4 Å². The number of rotatable bonds is 5. The van der Waals surface area contributed by atoms with Gasteiger partial charge >= 0.3 is 5.97 Å². The van der Waals surface area contributed by atoms with E-state index in [4.69, 9.17) is 9.47 Å². The highest BCUT2D eigenvalue weighted by Crippen LogP contribution is 2.34. The number of carbonyl (C=O) groups is 1. The number of piperidine rings is 1. The fourth-order valence-electron chi connectivity index (χ4n) is 4.16. The molecule has 0 atom stereocenters. The predicted molar refractivity (Wildman–Crippen MR) is 134 cm³/mol. The smallest absolute Gasteiger partial charge is 0.334 e. The van der Waals surface area contributed by atoms with Crippen LogP contribution in [0.15, 0.2) is 72.8 Å². The first-order valence-electron chi connectivity index (χ1n) is 11.3. The first-order valence-corrected chi connectivity index (χ1v) is 12.2. The van der Waals surface area contributed by atoms with Crippen molar-refractivity contribution < 1.29 is 14.3 Å². The molecule has 3 heterocycles. The summed E-state index contributed by atoms with van der Waals surface area (Å²) in [6.45, 7) is 10.0. The van der Waals surface area contributed by atoms with E-state index in [9.17, 15) is 4.79 Å². The molecular weight excluding hydrogens is 432 g/mol. The Labute approximate surface area is 199 Å². The molecule has 1 fully saturated rings. The number of ether oxygens (including phenoxy) is 2. The number of hydrogen-bond donors (Lipinski definition) is 0. The maximum Gasteiger partial charge on any atom is 0.334 e. The van der Waals surface area contributed by atoms with Crippen LogP contribution in [-0.4, -0.2) is 41.1 Å². The Morgan fingerprint density at radius 2 is 1.88 bits per heavy atom. The highest BCUT2D eigenvalue weighted by Gasteiger charge is 2.41. The summed E-state index contributed by atoms with van der Waals surface area (Å²) >= 11 is 1.56.